The van der Waals surface area contributed by atoms with Gasteiger partial charge in [0.2, 0.25) is 12.7 Å². The number of hydrogen-bond acceptors (Lipinski definition) is 5. The summed E-state index contributed by atoms with van der Waals surface area (Å²) in [6.45, 7) is 0.646. The van der Waals surface area contributed by atoms with Crippen molar-refractivity contribution in [1.29, 1.82) is 0 Å². The molecule has 0 unspecified atom stereocenters. The topological polar surface area (TPSA) is 72.2 Å². The maximum absolute atomic E-state index is 13.7. The Bertz CT molecular complexity index is 1160. The van der Waals surface area contributed by atoms with Crippen molar-refractivity contribution in [3.8, 4) is 11.5 Å². The van der Waals surface area contributed by atoms with Crippen LogP contribution in [0.15, 0.2) is 65.3 Å². The minimum absolute atomic E-state index is 0.0132. The summed E-state index contributed by atoms with van der Waals surface area (Å²) in [6.07, 6.45) is 3.21. The van der Waals surface area contributed by atoms with Gasteiger partial charge in [-0.25, -0.2) is 4.39 Å². The SMILES string of the molecule is O=C(CN(C(=O)c1cccc(F)c1)C1CC1)N(Cc1ccc2c(c1)OCO2)Cc1ccco1. The summed E-state index contributed by atoms with van der Waals surface area (Å²) in [4.78, 5) is 29.7. The van der Waals surface area contributed by atoms with Crippen LogP contribution in [0.5, 0.6) is 11.5 Å². The summed E-state index contributed by atoms with van der Waals surface area (Å²) < 4.78 is 30.0. The van der Waals surface area contributed by atoms with Gasteiger partial charge in [0.1, 0.15) is 18.1 Å². The van der Waals surface area contributed by atoms with Crippen molar-refractivity contribution in [1.82, 2.24) is 9.80 Å². The third kappa shape index (κ3) is 4.84. The van der Waals surface area contributed by atoms with E-state index in [1.807, 2.05) is 18.2 Å². The van der Waals surface area contributed by atoms with E-state index in [1.165, 1.54) is 18.2 Å². The Balaban J connectivity index is 1.35. The number of fused-ring (bicyclic) bond motifs is 1. The molecule has 170 valence electrons. The number of nitrogens with zero attached hydrogens (tertiary/aromatic N) is 2. The van der Waals surface area contributed by atoms with Crippen molar-refractivity contribution in [3.63, 3.8) is 0 Å². The summed E-state index contributed by atoms with van der Waals surface area (Å²) in [7, 11) is 0. The van der Waals surface area contributed by atoms with Crippen LogP contribution in [0.1, 0.15) is 34.5 Å². The second-order valence-electron chi connectivity index (χ2n) is 8.19. The maximum Gasteiger partial charge on any atom is 0.254 e. The molecular formula is C25H23FN2O5. The number of carbonyl (C=O) groups is 2. The molecule has 1 fully saturated rings. The van der Waals surface area contributed by atoms with E-state index in [9.17, 15) is 14.0 Å². The molecule has 0 atom stereocenters. The minimum atomic E-state index is -0.481. The highest BCUT2D eigenvalue weighted by Gasteiger charge is 2.35. The minimum Gasteiger partial charge on any atom is -0.467 e. The van der Waals surface area contributed by atoms with E-state index in [-0.39, 0.29) is 43.3 Å². The fourth-order valence-electron chi connectivity index (χ4n) is 3.87. The number of furan rings is 1. The Kier molecular flexibility index (Phi) is 5.73. The van der Waals surface area contributed by atoms with Crippen LogP contribution in [-0.4, -0.2) is 41.0 Å². The predicted molar refractivity (Wildman–Crippen MR) is 116 cm³/mol. The van der Waals surface area contributed by atoms with Crippen molar-refractivity contribution in [3.05, 3.63) is 83.6 Å². The highest BCUT2D eigenvalue weighted by atomic mass is 19.1. The molecule has 0 spiro atoms. The van der Waals surface area contributed by atoms with Crippen molar-refractivity contribution in [2.45, 2.75) is 32.0 Å². The number of carbonyl (C=O) groups excluding carboxylic acids is 2. The number of amides is 2. The third-order valence-electron chi connectivity index (χ3n) is 5.72. The summed E-state index contributed by atoms with van der Waals surface area (Å²) in [5.41, 5.74) is 1.11. The zero-order valence-corrected chi connectivity index (χ0v) is 17.9. The number of ether oxygens (including phenoxy) is 2. The van der Waals surface area contributed by atoms with Crippen LogP contribution in [0, 0.1) is 5.82 Å². The average Bonchev–Trinajstić information content (AvgIpc) is 3.31. The fourth-order valence-corrected chi connectivity index (χ4v) is 3.87. The van der Waals surface area contributed by atoms with Gasteiger partial charge in [0.15, 0.2) is 11.5 Å². The summed E-state index contributed by atoms with van der Waals surface area (Å²) in [6, 6.07) is 14.7. The van der Waals surface area contributed by atoms with Gasteiger partial charge < -0.3 is 23.7 Å². The maximum atomic E-state index is 13.7. The molecule has 1 aliphatic heterocycles. The first-order valence-corrected chi connectivity index (χ1v) is 10.8. The molecule has 3 aromatic rings. The van der Waals surface area contributed by atoms with E-state index in [4.69, 9.17) is 13.9 Å². The van der Waals surface area contributed by atoms with E-state index in [1.54, 1.807) is 34.3 Å². The van der Waals surface area contributed by atoms with Crippen LogP contribution in [-0.2, 0) is 17.9 Å². The standard InChI is InChI=1S/C25H23FN2O5/c26-19-4-1-3-18(12-19)25(30)28(20-7-8-20)15-24(29)27(14-21-5-2-10-31-21)13-17-6-9-22-23(11-17)33-16-32-22/h1-6,9-12,20H,7-8,13-16H2. The zero-order valence-electron chi connectivity index (χ0n) is 17.9. The number of benzene rings is 2. The van der Waals surface area contributed by atoms with Gasteiger partial charge in [-0.15, -0.1) is 0 Å². The first-order chi connectivity index (χ1) is 16.1. The molecule has 1 aromatic heterocycles. The molecule has 2 aromatic carbocycles. The highest BCUT2D eigenvalue weighted by Crippen LogP contribution is 2.33. The second-order valence-corrected chi connectivity index (χ2v) is 8.19. The molecular weight excluding hydrogens is 427 g/mol. The first-order valence-electron chi connectivity index (χ1n) is 10.8. The molecule has 33 heavy (non-hydrogen) atoms. The second kappa shape index (κ2) is 8.97. The Morgan fingerprint density at radius 2 is 1.82 bits per heavy atom. The van der Waals surface area contributed by atoms with Crippen LogP contribution in [0.3, 0.4) is 0 Å². The predicted octanol–water partition coefficient (Wildman–Crippen LogP) is 3.98. The fraction of sp³-hybridized carbons (Fsp3) is 0.280. The number of rotatable bonds is 8. The molecule has 0 bridgehead atoms. The summed E-state index contributed by atoms with van der Waals surface area (Å²) in [5.74, 6) is 0.901. The van der Waals surface area contributed by atoms with Crippen molar-refractivity contribution in [2.24, 2.45) is 0 Å². The van der Waals surface area contributed by atoms with Gasteiger partial charge in [-0.3, -0.25) is 9.59 Å². The molecule has 8 heteroatoms. The van der Waals surface area contributed by atoms with Crippen LogP contribution in [0.2, 0.25) is 0 Å². The van der Waals surface area contributed by atoms with E-state index in [0.29, 0.717) is 23.8 Å². The quantitative estimate of drug-likeness (QED) is 0.519. The van der Waals surface area contributed by atoms with Crippen LogP contribution in [0.4, 0.5) is 4.39 Å². The lowest BCUT2D eigenvalue weighted by Gasteiger charge is -2.27. The van der Waals surface area contributed by atoms with Gasteiger partial charge in [-0.05, 0) is 60.9 Å². The molecule has 2 heterocycles. The van der Waals surface area contributed by atoms with E-state index < -0.39 is 5.82 Å². The summed E-state index contributed by atoms with van der Waals surface area (Å²) >= 11 is 0. The highest BCUT2D eigenvalue weighted by molar-refractivity contribution is 5.97. The van der Waals surface area contributed by atoms with Gasteiger partial charge >= 0.3 is 0 Å². The Labute approximate surface area is 190 Å². The number of halogens is 1. The third-order valence-corrected chi connectivity index (χ3v) is 5.72. The molecule has 2 amide bonds. The van der Waals surface area contributed by atoms with Crippen molar-refractivity contribution < 1.29 is 27.9 Å². The van der Waals surface area contributed by atoms with E-state index in [2.05, 4.69) is 0 Å². The van der Waals surface area contributed by atoms with Gasteiger partial charge in [0.05, 0.1) is 12.8 Å². The molecule has 1 saturated carbocycles. The Morgan fingerprint density at radius 1 is 0.970 bits per heavy atom. The lowest BCUT2D eigenvalue weighted by molar-refractivity contribution is -0.133. The molecule has 0 radical (unpaired) electrons. The van der Waals surface area contributed by atoms with Crippen molar-refractivity contribution in [2.75, 3.05) is 13.3 Å². The van der Waals surface area contributed by atoms with Crippen molar-refractivity contribution >= 4 is 11.8 Å². The van der Waals surface area contributed by atoms with Gasteiger partial charge in [-0.1, -0.05) is 12.1 Å². The zero-order chi connectivity index (χ0) is 22.8. The van der Waals surface area contributed by atoms with E-state index in [0.717, 1.165) is 18.4 Å². The van der Waals surface area contributed by atoms with Gasteiger partial charge in [0.25, 0.3) is 5.91 Å². The molecule has 0 saturated heterocycles. The van der Waals surface area contributed by atoms with Crippen LogP contribution < -0.4 is 9.47 Å². The van der Waals surface area contributed by atoms with Crippen LogP contribution in [0.25, 0.3) is 0 Å². The van der Waals surface area contributed by atoms with Crippen LogP contribution >= 0.6 is 0 Å². The normalized spacial score (nSPS) is 14.2. The average molecular weight is 450 g/mol. The lowest BCUT2D eigenvalue weighted by atomic mass is 10.1. The molecule has 0 N–H and O–H groups in total. The Morgan fingerprint density at radius 3 is 2.58 bits per heavy atom. The number of hydrogen-bond donors (Lipinski definition) is 0. The van der Waals surface area contributed by atoms with Gasteiger partial charge in [0, 0.05) is 18.2 Å². The monoisotopic (exact) mass is 450 g/mol. The largest absolute Gasteiger partial charge is 0.467 e. The lowest BCUT2D eigenvalue weighted by Crippen LogP contribution is -2.43. The molecule has 5 rings (SSSR count). The summed E-state index contributed by atoms with van der Waals surface area (Å²) in [5, 5.41) is 0. The Hall–Kier alpha value is -3.81. The molecule has 7 nitrogen and oxygen atoms in total. The first kappa shape index (κ1) is 21.1. The van der Waals surface area contributed by atoms with E-state index >= 15 is 0 Å². The smallest absolute Gasteiger partial charge is 0.254 e. The molecule has 1 aliphatic carbocycles. The molecule has 2 aliphatic rings. The van der Waals surface area contributed by atoms with Gasteiger partial charge in [-0.2, -0.15) is 0 Å².